The van der Waals surface area contributed by atoms with Gasteiger partial charge in [0, 0.05) is 13.1 Å². The molecule has 1 aromatic rings. The predicted molar refractivity (Wildman–Crippen MR) is 80.1 cm³/mol. The van der Waals surface area contributed by atoms with Gasteiger partial charge >= 0.3 is 12.1 Å². The lowest BCUT2D eigenvalue weighted by Crippen LogP contribution is -2.46. The van der Waals surface area contributed by atoms with Crippen molar-refractivity contribution in [2.75, 3.05) is 19.7 Å². The maximum absolute atomic E-state index is 13.5. The number of rotatable bonds is 3. The van der Waals surface area contributed by atoms with Gasteiger partial charge in [0.15, 0.2) is 5.69 Å². The Bertz CT molecular complexity index is 664. The van der Waals surface area contributed by atoms with Gasteiger partial charge in [-0.1, -0.05) is 0 Å². The Morgan fingerprint density at radius 3 is 2.52 bits per heavy atom. The minimum atomic E-state index is -4.75. The number of carbonyl (C=O) groups excluding carboxylic acids is 1. The molecule has 10 heteroatoms. The number of ether oxygens (including phenoxy) is 1. The summed E-state index contributed by atoms with van der Waals surface area (Å²) in [6, 6.07) is 0. The van der Waals surface area contributed by atoms with Crippen molar-refractivity contribution in [2.24, 2.45) is 0 Å². The van der Waals surface area contributed by atoms with Crippen molar-refractivity contribution in [3.8, 4) is 0 Å². The number of alkyl halides is 3. The zero-order chi connectivity index (χ0) is 19.0. The van der Waals surface area contributed by atoms with E-state index in [9.17, 15) is 22.8 Å². The van der Waals surface area contributed by atoms with Gasteiger partial charge in [0.2, 0.25) is 0 Å². The third kappa shape index (κ3) is 4.30. The van der Waals surface area contributed by atoms with Crippen LogP contribution in [-0.2, 0) is 21.2 Å². The van der Waals surface area contributed by atoms with Crippen molar-refractivity contribution in [1.82, 2.24) is 14.7 Å². The Morgan fingerprint density at radius 1 is 1.36 bits per heavy atom. The van der Waals surface area contributed by atoms with Crippen LogP contribution in [0.1, 0.15) is 43.2 Å². The molecule has 0 spiro atoms. The van der Waals surface area contributed by atoms with Crippen molar-refractivity contribution in [3.63, 3.8) is 0 Å². The molecule has 1 saturated heterocycles. The first-order valence-electron chi connectivity index (χ1n) is 7.69. The van der Waals surface area contributed by atoms with Crippen LogP contribution in [0.5, 0.6) is 0 Å². The van der Waals surface area contributed by atoms with Gasteiger partial charge in [-0.3, -0.25) is 14.3 Å². The molecule has 140 valence electrons. The van der Waals surface area contributed by atoms with Gasteiger partial charge in [-0.05, 0) is 20.8 Å². The Morgan fingerprint density at radius 2 is 2.00 bits per heavy atom. The first-order chi connectivity index (χ1) is 11.4. The number of nitrogens with zero attached hydrogens (tertiary/aromatic N) is 3. The van der Waals surface area contributed by atoms with Crippen molar-refractivity contribution in [3.05, 3.63) is 17.5 Å². The molecule has 7 nitrogen and oxygen atoms in total. The molecule has 1 aliphatic rings. The highest BCUT2D eigenvalue weighted by Gasteiger charge is 2.43. The van der Waals surface area contributed by atoms with Crippen molar-refractivity contribution in [1.29, 1.82) is 0 Å². The summed E-state index contributed by atoms with van der Waals surface area (Å²) in [7, 11) is 0. The molecule has 0 saturated carbocycles. The second-order valence-electron chi connectivity index (χ2n) is 6.83. The van der Waals surface area contributed by atoms with Crippen LogP contribution in [0.3, 0.4) is 0 Å². The van der Waals surface area contributed by atoms with E-state index in [1.165, 1.54) is 4.90 Å². The van der Waals surface area contributed by atoms with E-state index < -0.39 is 41.0 Å². The van der Waals surface area contributed by atoms with Crippen LogP contribution in [-0.4, -0.2) is 57.5 Å². The summed E-state index contributed by atoms with van der Waals surface area (Å²) in [5, 5.41) is 12.6. The van der Waals surface area contributed by atoms with Crippen molar-refractivity contribution < 1.29 is 32.6 Å². The fraction of sp³-hybridized carbons (Fsp3) is 0.667. The van der Waals surface area contributed by atoms with Crippen LogP contribution in [0, 0.1) is 0 Å². The fourth-order valence-electron chi connectivity index (χ4n) is 2.68. The monoisotopic (exact) mass is 363 g/mol. The summed E-state index contributed by atoms with van der Waals surface area (Å²) >= 11 is 0. The summed E-state index contributed by atoms with van der Waals surface area (Å²) in [5.74, 6) is -1.93. The summed E-state index contributed by atoms with van der Waals surface area (Å²) in [4.78, 5) is 24.6. The van der Waals surface area contributed by atoms with Gasteiger partial charge in [0.1, 0.15) is 0 Å². The number of carbonyl (C=O) groups is 2. The van der Waals surface area contributed by atoms with Crippen molar-refractivity contribution >= 4 is 11.9 Å². The number of morpholine rings is 1. The third-order valence-electron chi connectivity index (χ3n) is 3.73. The number of halogens is 3. The molecule has 0 aromatic carbocycles. The maximum atomic E-state index is 13.5. The molecular weight excluding hydrogens is 343 g/mol. The normalized spacial score (nSPS) is 19.1. The molecule has 0 radical (unpaired) electrons. The minimum absolute atomic E-state index is 0.0679. The maximum Gasteiger partial charge on any atom is 0.433 e. The molecule has 1 aliphatic heterocycles. The van der Waals surface area contributed by atoms with Gasteiger partial charge in [-0.25, -0.2) is 0 Å². The average Bonchev–Trinajstić information content (AvgIpc) is 2.91. The van der Waals surface area contributed by atoms with Crippen LogP contribution in [0.25, 0.3) is 0 Å². The van der Waals surface area contributed by atoms with Crippen molar-refractivity contribution in [2.45, 2.75) is 45.0 Å². The Hall–Kier alpha value is -2.10. The van der Waals surface area contributed by atoms with E-state index in [1.807, 2.05) is 0 Å². The summed E-state index contributed by atoms with van der Waals surface area (Å²) in [6.07, 6.45) is -4.90. The zero-order valence-electron chi connectivity index (χ0n) is 14.1. The summed E-state index contributed by atoms with van der Waals surface area (Å²) < 4.78 is 46.6. The molecule has 1 aromatic heterocycles. The lowest BCUT2D eigenvalue weighted by atomic mass is 10.1. The number of aliphatic carboxylic acids is 1. The number of hydrogen-bond acceptors (Lipinski definition) is 4. The highest BCUT2D eigenvalue weighted by atomic mass is 19.4. The first kappa shape index (κ1) is 19.2. The van der Waals surface area contributed by atoms with Gasteiger partial charge in [-0.2, -0.15) is 18.3 Å². The summed E-state index contributed by atoms with van der Waals surface area (Å²) in [5.41, 5.74) is -2.61. The second-order valence-corrected chi connectivity index (χ2v) is 6.83. The van der Waals surface area contributed by atoms with Gasteiger partial charge < -0.3 is 14.7 Å². The smallest absolute Gasteiger partial charge is 0.433 e. The fourth-order valence-corrected chi connectivity index (χ4v) is 2.68. The molecular formula is C15H20F3N3O4. The minimum Gasteiger partial charge on any atom is -0.481 e. The Balaban J connectivity index is 2.33. The van der Waals surface area contributed by atoms with Crippen LogP contribution in [0.2, 0.25) is 0 Å². The molecule has 1 fully saturated rings. The Kier molecular flexibility index (Phi) is 5.12. The number of amides is 1. The molecule has 1 amide bonds. The van der Waals surface area contributed by atoms with E-state index >= 15 is 0 Å². The third-order valence-corrected chi connectivity index (χ3v) is 3.73. The summed E-state index contributed by atoms with van der Waals surface area (Å²) in [6.45, 7) is 4.75. The van der Waals surface area contributed by atoms with Crippen LogP contribution in [0.15, 0.2) is 6.20 Å². The van der Waals surface area contributed by atoms with E-state index in [4.69, 9.17) is 9.84 Å². The van der Waals surface area contributed by atoms with Gasteiger partial charge in [-0.15, -0.1) is 0 Å². The number of aromatic nitrogens is 2. The lowest BCUT2D eigenvalue weighted by Gasteiger charge is -2.32. The first-order valence-corrected chi connectivity index (χ1v) is 7.69. The topological polar surface area (TPSA) is 84.7 Å². The molecule has 0 aliphatic carbocycles. The van der Waals surface area contributed by atoms with Gasteiger partial charge in [0.05, 0.1) is 36.4 Å². The highest BCUT2D eigenvalue weighted by molar-refractivity contribution is 5.95. The van der Waals surface area contributed by atoms with E-state index in [0.29, 0.717) is 0 Å². The average molecular weight is 363 g/mol. The lowest BCUT2D eigenvalue weighted by molar-refractivity contribution is -0.146. The Labute approximate surface area is 142 Å². The molecule has 2 heterocycles. The van der Waals surface area contributed by atoms with Crippen LogP contribution < -0.4 is 0 Å². The standard InChI is InChI=1S/C15H20F3N3O4/c1-14(2,3)21-12(15(16,17)18)10(7-19-21)13(24)20-4-5-25-9(8-20)6-11(22)23/h7,9H,4-6,8H2,1-3H3,(H,22,23). The zero-order valence-corrected chi connectivity index (χ0v) is 14.1. The quantitative estimate of drug-likeness (QED) is 0.888. The van der Waals surface area contributed by atoms with Crippen LogP contribution >= 0.6 is 0 Å². The molecule has 1 unspecified atom stereocenters. The van der Waals surface area contributed by atoms with Gasteiger partial charge in [0.25, 0.3) is 5.91 Å². The second kappa shape index (κ2) is 6.66. The van der Waals surface area contributed by atoms with E-state index in [-0.39, 0.29) is 26.1 Å². The SMILES string of the molecule is CC(C)(C)n1ncc(C(=O)N2CCOC(CC(=O)O)C2)c1C(F)(F)F. The highest BCUT2D eigenvalue weighted by Crippen LogP contribution is 2.35. The number of hydrogen-bond donors (Lipinski definition) is 1. The molecule has 1 atom stereocenters. The number of carboxylic acids is 1. The van der Waals surface area contributed by atoms with E-state index in [1.54, 1.807) is 20.8 Å². The number of carboxylic acid groups (broad SMARTS) is 1. The largest absolute Gasteiger partial charge is 0.481 e. The predicted octanol–water partition coefficient (Wildman–Crippen LogP) is 1.97. The van der Waals surface area contributed by atoms with E-state index in [2.05, 4.69) is 5.10 Å². The van der Waals surface area contributed by atoms with Crippen LogP contribution in [0.4, 0.5) is 13.2 Å². The molecule has 2 rings (SSSR count). The molecule has 0 bridgehead atoms. The molecule has 1 N–H and O–H groups in total. The molecule has 25 heavy (non-hydrogen) atoms. The van der Waals surface area contributed by atoms with E-state index in [0.717, 1.165) is 10.9 Å².